The van der Waals surface area contributed by atoms with E-state index in [1.807, 2.05) is 0 Å². The van der Waals surface area contributed by atoms with Gasteiger partial charge in [-0.3, -0.25) is 0 Å². The Kier molecular flexibility index (Phi) is 12.2. The average molecular weight is 521 g/mol. The van der Waals surface area contributed by atoms with Crippen LogP contribution in [-0.2, 0) is 32.6 Å². The second-order valence-electron chi connectivity index (χ2n) is 7.92. The van der Waals surface area contributed by atoms with E-state index in [-0.39, 0.29) is 51.0 Å². The van der Waals surface area contributed by atoms with Gasteiger partial charge in [0.2, 0.25) is 0 Å². The third-order valence-electron chi connectivity index (χ3n) is 5.11. The van der Waals surface area contributed by atoms with Crippen molar-refractivity contribution in [1.29, 1.82) is 0 Å². The summed E-state index contributed by atoms with van der Waals surface area (Å²) in [6, 6.07) is 23.1. The summed E-state index contributed by atoms with van der Waals surface area (Å²) in [5.41, 5.74) is 9.28. The minimum atomic E-state index is 0. The minimum Gasteiger partial charge on any atom is -1.00 e. The fourth-order valence-corrected chi connectivity index (χ4v) is 3.41. The number of hydrogen-bond donors (Lipinski definition) is 0. The van der Waals surface area contributed by atoms with Crippen LogP contribution in [0.25, 0.3) is 11.1 Å². The van der Waals surface area contributed by atoms with Crippen molar-refractivity contribution in [3.63, 3.8) is 0 Å². The Morgan fingerprint density at radius 3 is 2.07 bits per heavy atom. The Morgan fingerprint density at radius 1 is 0.900 bits per heavy atom. The maximum Gasteiger partial charge on any atom is 4.00 e. The summed E-state index contributed by atoms with van der Waals surface area (Å²) >= 11 is 0. The van der Waals surface area contributed by atoms with Crippen LogP contribution in [0.3, 0.4) is 0 Å². The Bertz CT molecular complexity index is 848. The number of nitrogens with zero attached hydrogens (tertiary/aromatic N) is 2. The van der Waals surface area contributed by atoms with Crippen LogP contribution in [0.4, 0.5) is 11.4 Å². The van der Waals surface area contributed by atoms with E-state index >= 15 is 0 Å². The average Bonchev–Trinajstić information content (AvgIpc) is 3.28. The second kappa shape index (κ2) is 12.6. The fraction of sp³-hybridized carbons (Fsp3) is 0.320. The SMILES string of the molecule is CC(C)c1ccc[cH-]1.CN(C)c1[c-]c2c(cc1)-c1ccc(N(C)C)cc1C2.[Cl-].[Cl-].[Zr+4]. The third kappa shape index (κ3) is 6.68. The van der Waals surface area contributed by atoms with Crippen molar-refractivity contribution in [2.24, 2.45) is 0 Å². The molecule has 30 heavy (non-hydrogen) atoms. The van der Waals surface area contributed by atoms with Crippen LogP contribution in [0.2, 0.25) is 0 Å². The summed E-state index contributed by atoms with van der Waals surface area (Å²) in [6.07, 6.45) is 0.994. The first kappa shape index (κ1) is 28.9. The summed E-state index contributed by atoms with van der Waals surface area (Å²) < 4.78 is 0. The van der Waals surface area contributed by atoms with E-state index in [2.05, 4.69) is 113 Å². The standard InChI is InChI=1S/C17H19N2.C8H11.2ClH.Zr/c1-18(2)14-5-7-16-12(10-14)9-13-11-15(19(3)4)6-8-17(13)16;1-7(2)8-5-3-4-6-8;;;/h5-8,10H,9H2,1-4H3;3-7H,1-2H3;2*1H;/q2*-1;;;+4/p-2. The molecule has 158 valence electrons. The second-order valence-corrected chi connectivity index (χ2v) is 7.92. The van der Waals surface area contributed by atoms with Crippen LogP contribution in [0.1, 0.15) is 36.5 Å². The summed E-state index contributed by atoms with van der Waals surface area (Å²) in [5.74, 6) is 0.685. The zero-order valence-corrected chi connectivity index (χ0v) is 22.6. The number of rotatable bonds is 3. The maximum atomic E-state index is 3.53. The van der Waals surface area contributed by atoms with Crippen molar-refractivity contribution < 1.29 is 51.0 Å². The van der Waals surface area contributed by atoms with E-state index in [4.69, 9.17) is 0 Å². The molecule has 5 heteroatoms. The van der Waals surface area contributed by atoms with Gasteiger partial charge in [0.05, 0.1) is 0 Å². The predicted molar refractivity (Wildman–Crippen MR) is 118 cm³/mol. The largest absolute Gasteiger partial charge is 4.00 e. The molecule has 4 rings (SSSR count). The number of halogens is 2. The molecule has 0 fully saturated rings. The molecule has 3 aromatic rings. The zero-order chi connectivity index (χ0) is 19.6. The molecule has 1 aliphatic carbocycles. The third-order valence-corrected chi connectivity index (χ3v) is 5.11. The molecule has 0 atom stereocenters. The van der Waals surface area contributed by atoms with E-state index < -0.39 is 0 Å². The van der Waals surface area contributed by atoms with Gasteiger partial charge in [-0.15, -0.1) is 17.2 Å². The van der Waals surface area contributed by atoms with Gasteiger partial charge in [0, 0.05) is 33.9 Å². The van der Waals surface area contributed by atoms with Crippen LogP contribution in [0, 0.1) is 6.07 Å². The fourth-order valence-electron chi connectivity index (χ4n) is 3.41. The van der Waals surface area contributed by atoms with Gasteiger partial charge in [-0.25, -0.2) is 12.1 Å². The molecule has 0 saturated heterocycles. The molecule has 0 spiro atoms. The van der Waals surface area contributed by atoms with Gasteiger partial charge in [-0.2, -0.15) is 29.8 Å². The Labute approximate surface area is 214 Å². The summed E-state index contributed by atoms with van der Waals surface area (Å²) in [7, 11) is 8.29. The van der Waals surface area contributed by atoms with Crippen LogP contribution in [0.15, 0.2) is 54.6 Å². The predicted octanol–water partition coefficient (Wildman–Crippen LogP) is -0.276. The summed E-state index contributed by atoms with van der Waals surface area (Å²) in [6.45, 7) is 4.41. The van der Waals surface area contributed by atoms with Crippen molar-refractivity contribution in [2.45, 2.75) is 26.2 Å². The van der Waals surface area contributed by atoms with Gasteiger partial charge in [0.1, 0.15) is 0 Å². The molecule has 3 aromatic carbocycles. The molecule has 1 aliphatic rings. The molecular formula is C25H30Cl2N2Zr. The van der Waals surface area contributed by atoms with E-state index in [1.54, 1.807) is 0 Å². The van der Waals surface area contributed by atoms with Gasteiger partial charge in [0.25, 0.3) is 0 Å². The van der Waals surface area contributed by atoms with Crippen molar-refractivity contribution in [2.75, 3.05) is 38.0 Å². The minimum absolute atomic E-state index is 0. The summed E-state index contributed by atoms with van der Waals surface area (Å²) in [4.78, 5) is 4.26. The van der Waals surface area contributed by atoms with E-state index in [0.717, 1.165) is 12.1 Å². The molecule has 0 amide bonds. The Hall–Kier alpha value is -1.15. The van der Waals surface area contributed by atoms with Crippen LogP contribution in [-0.4, -0.2) is 28.2 Å². The van der Waals surface area contributed by atoms with Gasteiger partial charge in [-0.1, -0.05) is 31.2 Å². The van der Waals surface area contributed by atoms with Gasteiger partial charge >= 0.3 is 26.2 Å². The zero-order valence-electron chi connectivity index (χ0n) is 18.6. The van der Waals surface area contributed by atoms with Crippen molar-refractivity contribution >= 4 is 11.4 Å². The van der Waals surface area contributed by atoms with E-state index in [1.165, 1.54) is 33.5 Å². The topological polar surface area (TPSA) is 6.48 Å². The number of benzene rings is 2. The first-order valence-electron chi connectivity index (χ1n) is 9.61. The Morgan fingerprint density at radius 2 is 1.57 bits per heavy atom. The molecule has 0 radical (unpaired) electrons. The molecule has 0 heterocycles. The van der Waals surface area contributed by atoms with Gasteiger partial charge in [0.15, 0.2) is 0 Å². The number of anilines is 2. The molecule has 0 aromatic heterocycles. The molecule has 0 aliphatic heterocycles. The molecule has 0 bridgehead atoms. The first-order chi connectivity index (χ1) is 12.9. The first-order valence-corrected chi connectivity index (χ1v) is 9.61. The summed E-state index contributed by atoms with van der Waals surface area (Å²) in [5, 5.41) is 0. The molecule has 0 saturated carbocycles. The quantitative estimate of drug-likeness (QED) is 0.343. The van der Waals surface area contributed by atoms with Crippen LogP contribution in [0.5, 0.6) is 0 Å². The maximum absolute atomic E-state index is 3.53. The van der Waals surface area contributed by atoms with Crippen molar-refractivity contribution in [1.82, 2.24) is 0 Å². The monoisotopic (exact) mass is 518 g/mol. The van der Waals surface area contributed by atoms with Crippen LogP contribution >= 0.6 is 0 Å². The van der Waals surface area contributed by atoms with Gasteiger partial charge < -0.3 is 34.6 Å². The molecule has 2 nitrogen and oxygen atoms in total. The smallest absolute Gasteiger partial charge is 1.00 e. The number of hydrogen-bond acceptors (Lipinski definition) is 2. The Balaban J connectivity index is 0.000000659. The number of fused-ring (bicyclic) bond motifs is 3. The van der Waals surface area contributed by atoms with E-state index in [9.17, 15) is 0 Å². The van der Waals surface area contributed by atoms with Crippen molar-refractivity contribution in [3.05, 3.63) is 77.4 Å². The van der Waals surface area contributed by atoms with Crippen molar-refractivity contribution in [3.8, 4) is 11.1 Å². The van der Waals surface area contributed by atoms with E-state index in [0.29, 0.717) is 5.92 Å². The molecular weight excluding hydrogens is 490 g/mol. The van der Waals surface area contributed by atoms with Crippen LogP contribution < -0.4 is 34.6 Å². The van der Waals surface area contributed by atoms with Gasteiger partial charge in [-0.05, 0) is 30.0 Å². The normalized spacial score (nSPS) is 10.4. The molecule has 0 N–H and O–H groups in total. The molecule has 0 unspecified atom stereocenters.